The van der Waals surface area contributed by atoms with Gasteiger partial charge in [-0.25, -0.2) is 9.78 Å². The lowest BCUT2D eigenvalue weighted by atomic mass is 9.92. The first-order valence-electron chi connectivity index (χ1n) is 11.3. The number of halogens is 2. The topological polar surface area (TPSA) is 83.6 Å². The van der Waals surface area contributed by atoms with Crippen molar-refractivity contribution >= 4 is 47.5 Å². The number of pyridine rings is 1. The van der Waals surface area contributed by atoms with Gasteiger partial charge in [0.15, 0.2) is 0 Å². The molecule has 2 aromatic rings. The van der Waals surface area contributed by atoms with Crippen LogP contribution in [0.2, 0.25) is 5.02 Å². The number of amides is 2. The summed E-state index contributed by atoms with van der Waals surface area (Å²) in [5.41, 5.74) is 0.719. The minimum atomic E-state index is -0.536. The number of nitrogens with one attached hydrogen (secondary N) is 2. The highest BCUT2D eigenvalue weighted by Crippen LogP contribution is 2.26. The van der Waals surface area contributed by atoms with E-state index in [1.54, 1.807) is 36.4 Å². The molecular formula is C24H30Cl2N4O3. The fourth-order valence-corrected chi connectivity index (χ4v) is 4.63. The number of para-hydroxylation sites is 1. The molecule has 1 aliphatic carbocycles. The van der Waals surface area contributed by atoms with Crippen LogP contribution in [0.5, 0.6) is 0 Å². The molecule has 1 aromatic carbocycles. The molecular weight excluding hydrogens is 463 g/mol. The van der Waals surface area contributed by atoms with Crippen LogP contribution in [0.4, 0.5) is 16.3 Å². The molecule has 9 heteroatoms. The van der Waals surface area contributed by atoms with Gasteiger partial charge in [-0.1, -0.05) is 43.0 Å². The molecule has 2 amide bonds. The lowest BCUT2D eigenvalue weighted by Crippen LogP contribution is -2.44. The summed E-state index contributed by atoms with van der Waals surface area (Å²) < 4.78 is 5.66. The van der Waals surface area contributed by atoms with Crippen molar-refractivity contribution in [2.24, 2.45) is 0 Å². The van der Waals surface area contributed by atoms with Gasteiger partial charge >= 0.3 is 6.09 Å². The van der Waals surface area contributed by atoms with Crippen molar-refractivity contribution in [3.05, 3.63) is 53.2 Å². The van der Waals surface area contributed by atoms with E-state index in [2.05, 4.69) is 20.5 Å². The highest BCUT2D eigenvalue weighted by atomic mass is 35.5. The first-order chi connectivity index (χ1) is 15.6. The fraction of sp³-hybridized carbons (Fsp3) is 0.458. The van der Waals surface area contributed by atoms with Gasteiger partial charge in [0.25, 0.3) is 5.91 Å². The van der Waals surface area contributed by atoms with Crippen LogP contribution in [0.25, 0.3) is 0 Å². The third kappa shape index (κ3) is 7.06. The van der Waals surface area contributed by atoms with E-state index in [0.29, 0.717) is 28.1 Å². The number of carbonyl (C=O) groups excluding carboxylic acids is 2. The second kappa shape index (κ2) is 12.2. The van der Waals surface area contributed by atoms with Crippen molar-refractivity contribution in [2.75, 3.05) is 23.7 Å². The van der Waals surface area contributed by atoms with Crippen LogP contribution < -0.4 is 10.6 Å². The number of anilines is 2. The normalized spacial score (nSPS) is 17.6. The van der Waals surface area contributed by atoms with Crippen LogP contribution in [-0.4, -0.2) is 47.1 Å². The van der Waals surface area contributed by atoms with Gasteiger partial charge in [0.2, 0.25) is 0 Å². The van der Waals surface area contributed by atoms with Crippen LogP contribution in [0, 0.1) is 0 Å². The zero-order chi connectivity index (χ0) is 22.3. The molecule has 33 heavy (non-hydrogen) atoms. The first kappa shape index (κ1) is 25.3. The lowest BCUT2D eigenvalue weighted by molar-refractivity contribution is 0.0372. The monoisotopic (exact) mass is 492 g/mol. The lowest BCUT2D eigenvalue weighted by Gasteiger charge is -2.39. The average Bonchev–Trinajstić information content (AvgIpc) is 2.82. The summed E-state index contributed by atoms with van der Waals surface area (Å²) in [6.45, 7) is 1.94. The zero-order valence-corrected chi connectivity index (χ0v) is 20.0. The van der Waals surface area contributed by atoms with Gasteiger partial charge in [-0.2, -0.15) is 0 Å². The molecule has 4 rings (SSSR count). The van der Waals surface area contributed by atoms with E-state index >= 15 is 0 Å². The number of carbonyl (C=O) groups is 2. The summed E-state index contributed by atoms with van der Waals surface area (Å²) in [6, 6.07) is 10.8. The zero-order valence-electron chi connectivity index (χ0n) is 18.5. The molecule has 0 atom stereocenters. The van der Waals surface area contributed by atoms with E-state index in [4.69, 9.17) is 16.3 Å². The molecule has 1 aliphatic heterocycles. The molecule has 1 aromatic heterocycles. The van der Waals surface area contributed by atoms with Crippen LogP contribution in [0.3, 0.4) is 0 Å². The van der Waals surface area contributed by atoms with Crippen LogP contribution >= 0.6 is 24.0 Å². The van der Waals surface area contributed by atoms with Crippen molar-refractivity contribution in [3.8, 4) is 0 Å². The Kier molecular flexibility index (Phi) is 9.35. The van der Waals surface area contributed by atoms with Gasteiger partial charge in [-0.05, 0) is 49.9 Å². The molecule has 1 saturated carbocycles. The number of benzene rings is 1. The van der Waals surface area contributed by atoms with Crippen LogP contribution in [0.15, 0.2) is 42.6 Å². The Hall–Kier alpha value is -2.35. The van der Waals surface area contributed by atoms with E-state index in [1.165, 1.54) is 38.3 Å². The number of aromatic nitrogens is 1. The second-order valence-electron chi connectivity index (χ2n) is 8.42. The molecule has 0 radical (unpaired) electrons. The Bertz CT molecular complexity index is 928. The third-order valence-electron chi connectivity index (χ3n) is 6.22. The van der Waals surface area contributed by atoms with Gasteiger partial charge in [-0.3, -0.25) is 10.1 Å². The predicted molar refractivity (Wildman–Crippen MR) is 132 cm³/mol. The molecule has 1 saturated heterocycles. The predicted octanol–water partition coefficient (Wildman–Crippen LogP) is 5.75. The largest absolute Gasteiger partial charge is 0.446 e. The molecule has 0 spiro atoms. The summed E-state index contributed by atoms with van der Waals surface area (Å²) in [7, 11) is 0. The number of hydrogen-bond donors (Lipinski definition) is 2. The maximum Gasteiger partial charge on any atom is 0.411 e. The minimum absolute atomic E-state index is 0. The number of hydrogen-bond acceptors (Lipinski definition) is 5. The molecule has 2 heterocycles. The number of rotatable bonds is 5. The van der Waals surface area contributed by atoms with Crippen LogP contribution in [-0.2, 0) is 4.74 Å². The first-order valence-corrected chi connectivity index (χ1v) is 11.7. The summed E-state index contributed by atoms with van der Waals surface area (Å²) in [5.74, 6) is -0.00184. The minimum Gasteiger partial charge on any atom is -0.446 e. The molecule has 178 valence electrons. The van der Waals surface area contributed by atoms with Gasteiger partial charge in [-0.15, -0.1) is 12.4 Å². The van der Waals surface area contributed by atoms with E-state index in [1.807, 2.05) is 0 Å². The standard InChI is InChI=1S/C24H29ClN4O3.ClH/c25-17-10-11-22(26-16-17)28-23(30)20-8-4-5-9-21(20)27-24(31)32-19-12-14-29(15-13-19)18-6-2-1-3-7-18;/h4-5,8-11,16,18-19H,1-3,6-7,12-15H2,(H,27,31)(H,26,28,30);1H. The Morgan fingerprint density at radius 1 is 0.970 bits per heavy atom. The van der Waals surface area contributed by atoms with Crippen molar-refractivity contribution in [2.45, 2.75) is 57.1 Å². The highest BCUT2D eigenvalue weighted by molar-refractivity contribution is 6.30. The van der Waals surface area contributed by atoms with Gasteiger partial charge < -0.3 is 15.0 Å². The smallest absolute Gasteiger partial charge is 0.411 e. The maximum absolute atomic E-state index is 12.7. The molecule has 0 bridgehead atoms. The number of nitrogens with zero attached hydrogens (tertiary/aromatic N) is 2. The number of ether oxygens (including phenoxy) is 1. The Balaban J connectivity index is 0.00000306. The van der Waals surface area contributed by atoms with Gasteiger partial charge in [0.1, 0.15) is 11.9 Å². The molecule has 0 unspecified atom stereocenters. The molecule has 2 aliphatic rings. The van der Waals surface area contributed by atoms with Crippen LogP contribution in [0.1, 0.15) is 55.3 Å². The average molecular weight is 493 g/mol. The molecule has 7 nitrogen and oxygen atoms in total. The summed E-state index contributed by atoms with van der Waals surface area (Å²) >= 11 is 5.84. The summed E-state index contributed by atoms with van der Waals surface area (Å²) in [6.07, 6.45) is 9.08. The SMILES string of the molecule is Cl.O=C(Nc1ccccc1C(=O)Nc1ccc(Cl)cn1)OC1CCN(C2CCCCC2)CC1. The summed E-state index contributed by atoms with van der Waals surface area (Å²) in [4.78, 5) is 31.9. The van der Waals surface area contributed by atoms with Gasteiger partial charge in [0.05, 0.1) is 16.3 Å². The highest BCUT2D eigenvalue weighted by Gasteiger charge is 2.28. The van der Waals surface area contributed by atoms with Crippen molar-refractivity contribution in [1.29, 1.82) is 0 Å². The van der Waals surface area contributed by atoms with Crippen molar-refractivity contribution < 1.29 is 14.3 Å². The molecule has 2 fully saturated rings. The Labute approximate surface area is 205 Å². The van der Waals surface area contributed by atoms with E-state index in [9.17, 15) is 9.59 Å². The molecule has 2 N–H and O–H groups in total. The van der Waals surface area contributed by atoms with E-state index in [0.717, 1.165) is 25.9 Å². The fourth-order valence-electron chi connectivity index (χ4n) is 4.52. The van der Waals surface area contributed by atoms with E-state index in [-0.39, 0.29) is 24.4 Å². The van der Waals surface area contributed by atoms with Crippen molar-refractivity contribution in [1.82, 2.24) is 9.88 Å². The Morgan fingerprint density at radius 3 is 2.39 bits per heavy atom. The van der Waals surface area contributed by atoms with Crippen molar-refractivity contribution in [3.63, 3.8) is 0 Å². The summed E-state index contributed by atoms with van der Waals surface area (Å²) in [5, 5.41) is 5.92. The maximum atomic E-state index is 12.7. The number of likely N-dealkylation sites (tertiary alicyclic amines) is 1. The number of piperidine rings is 1. The van der Waals surface area contributed by atoms with Gasteiger partial charge in [0, 0.05) is 25.3 Å². The second-order valence-corrected chi connectivity index (χ2v) is 8.86. The third-order valence-corrected chi connectivity index (χ3v) is 6.44. The van der Waals surface area contributed by atoms with E-state index < -0.39 is 6.09 Å². The Morgan fingerprint density at radius 2 is 1.70 bits per heavy atom. The quantitative estimate of drug-likeness (QED) is 0.554.